The van der Waals surface area contributed by atoms with Gasteiger partial charge in [-0.3, -0.25) is 9.59 Å². The zero-order chi connectivity index (χ0) is 24.6. The molecule has 8 nitrogen and oxygen atoms in total. The van der Waals surface area contributed by atoms with Gasteiger partial charge in [0, 0.05) is 19.2 Å². The predicted molar refractivity (Wildman–Crippen MR) is 113 cm³/mol. The molecule has 2 bridgehead atoms. The zero-order valence-corrected chi connectivity index (χ0v) is 18.7. The van der Waals surface area contributed by atoms with Crippen molar-refractivity contribution in [1.82, 2.24) is 9.97 Å². The Kier molecular flexibility index (Phi) is 4.73. The molecule has 5 rings (SSSR count). The molecule has 3 saturated heterocycles. The third-order valence-electron chi connectivity index (χ3n) is 6.73. The van der Waals surface area contributed by atoms with Crippen molar-refractivity contribution in [3.63, 3.8) is 0 Å². The lowest BCUT2D eigenvalue weighted by Gasteiger charge is -2.45. The fraction of sp³-hybridized carbons (Fsp3) is 0.409. The summed E-state index contributed by atoms with van der Waals surface area (Å²) in [6.07, 6.45) is -3.51. The Morgan fingerprint density at radius 2 is 1.74 bits per heavy atom. The number of nitrogens with zero attached hydrogens (tertiary/aromatic N) is 5. The average molecular weight is 492 g/mol. The lowest BCUT2D eigenvalue weighted by Crippen LogP contribution is -2.58. The smallest absolute Gasteiger partial charge is 0.364 e. The fourth-order valence-electron chi connectivity index (χ4n) is 5.55. The molecule has 0 unspecified atom stereocenters. The highest BCUT2D eigenvalue weighted by molar-refractivity contribution is 6.29. The number of amides is 2. The van der Waals surface area contributed by atoms with Crippen LogP contribution in [0.3, 0.4) is 0 Å². The van der Waals surface area contributed by atoms with Crippen molar-refractivity contribution in [3.8, 4) is 6.07 Å². The number of benzene rings is 1. The van der Waals surface area contributed by atoms with Gasteiger partial charge < -0.3 is 9.64 Å². The second-order valence-electron chi connectivity index (χ2n) is 9.09. The second-order valence-corrected chi connectivity index (χ2v) is 9.48. The van der Waals surface area contributed by atoms with Crippen molar-refractivity contribution in [2.45, 2.75) is 31.2 Å². The molecule has 3 aliphatic rings. The van der Waals surface area contributed by atoms with Crippen molar-refractivity contribution in [1.29, 1.82) is 5.26 Å². The van der Waals surface area contributed by atoms with Crippen molar-refractivity contribution in [2.75, 3.05) is 22.9 Å². The molecule has 1 aromatic carbocycles. The molecule has 0 aliphatic carbocycles. The van der Waals surface area contributed by atoms with E-state index in [1.165, 1.54) is 18.5 Å². The van der Waals surface area contributed by atoms with Crippen LogP contribution in [0.2, 0.25) is 5.15 Å². The summed E-state index contributed by atoms with van der Waals surface area (Å²) >= 11 is 5.99. The lowest BCUT2D eigenvalue weighted by molar-refractivity contribution is -0.142. The van der Waals surface area contributed by atoms with Gasteiger partial charge in [-0.1, -0.05) is 11.6 Å². The normalized spacial score (nSPS) is 30.5. The number of hydrogen-bond donors (Lipinski definition) is 0. The van der Waals surface area contributed by atoms with Crippen molar-refractivity contribution in [3.05, 3.63) is 46.9 Å². The van der Waals surface area contributed by atoms with Gasteiger partial charge in [-0.15, -0.1) is 0 Å². The maximum Gasteiger partial charge on any atom is 0.417 e. The summed E-state index contributed by atoms with van der Waals surface area (Å²) < 4.78 is 46.7. The Morgan fingerprint density at radius 3 is 2.26 bits per heavy atom. The lowest BCUT2D eigenvalue weighted by atomic mass is 9.79. The van der Waals surface area contributed by atoms with Crippen molar-refractivity contribution in [2.24, 2.45) is 11.8 Å². The standard InChI is InChI=1S/C22H17ClF3N5O3/c1-20-8-30(15-6-14(23)28-10-29-15)9-21(2,34-20)17-16(20)18(32)31(19(17)33)12-4-3-11(7-27)13(5-12)22(24,25)26/h3-6,10,16-17H,8-9H2,1-2H3/t16-,17+,20-,21+. The van der Waals surface area contributed by atoms with Gasteiger partial charge in [-0.25, -0.2) is 14.9 Å². The third-order valence-corrected chi connectivity index (χ3v) is 6.94. The summed E-state index contributed by atoms with van der Waals surface area (Å²) in [5.74, 6) is -2.57. The molecular weight excluding hydrogens is 475 g/mol. The number of alkyl halides is 3. The first-order valence-corrected chi connectivity index (χ1v) is 10.7. The highest BCUT2D eigenvalue weighted by atomic mass is 35.5. The second kappa shape index (κ2) is 7.13. The first-order chi connectivity index (χ1) is 15.9. The van der Waals surface area contributed by atoms with Crippen LogP contribution in [0.1, 0.15) is 25.0 Å². The number of fused-ring (bicyclic) bond motifs is 5. The number of anilines is 2. The van der Waals surface area contributed by atoms with Crippen LogP contribution in [0.25, 0.3) is 0 Å². The van der Waals surface area contributed by atoms with Crippen LogP contribution in [0.15, 0.2) is 30.6 Å². The van der Waals surface area contributed by atoms with E-state index in [0.29, 0.717) is 11.9 Å². The third kappa shape index (κ3) is 3.16. The van der Waals surface area contributed by atoms with Crippen LogP contribution < -0.4 is 9.80 Å². The summed E-state index contributed by atoms with van der Waals surface area (Å²) in [7, 11) is 0. The number of imide groups is 1. The van der Waals surface area contributed by atoms with E-state index in [-0.39, 0.29) is 23.9 Å². The summed E-state index contributed by atoms with van der Waals surface area (Å²) in [6.45, 7) is 3.84. The largest absolute Gasteiger partial charge is 0.417 e. The molecule has 2 aromatic rings. The molecule has 0 spiro atoms. The highest BCUT2D eigenvalue weighted by Gasteiger charge is 2.72. The number of nitriles is 1. The van der Waals surface area contributed by atoms with E-state index in [4.69, 9.17) is 21.6 Å². The van der Waals surface area contributed by atoms with E-state index in [1.807, 2.05) is 4.90 Å². The topological polar surface area (TPSA) is 99.4 Å². The molecule has 4 atom stereocenters. The predicted octanol–water partition coefficient (Wildman–Crippen LogP) is 3.19. The SMILES string of the molecule is C[C@]12CN(c3cc(Cl)ncn3)C[C@](C)(O1)[C@@H]1C(=O)N(c3ccc(C#N)c(C(F)(F)F)c3)C(=O)[C@@H]12. The van der Waals surface area contributed by atoms with Crippen LogP contribution in [0, 0.1) is 23.2 Å². The molecule has 34 heavy (non-hydrogen) atoms. The Morgan fingerprint density at radius 1 is 1.12 bits per heavy atom. The summed E-state index contributed by atoms with van der Waals surface area (Å²) in [5, 5.41) is 9.29. The van der Waals surface area contributed by atoms with Gasteiger partial charge in [0.25, 0.3) is 0 Å². The van der Waals surface area contributed by atoms with Gasteiger partial charge in [0.2, 0.25) is 11.8 Å². The molecule has 1 aromatic heterocycles. The highest BCUT2D eigenvalue weighted by Crippen LogP contribution is 2.56. The number of hydrogen-bond acceptors (Lipinski definition) is 7. The zero-order valence-electron chi connectivity index (χ0n) is 17.9. The number of carbonyl (C=O) groups is 2. The number of aromatic nitrogens is 2. The molecule has 3 fully saturated rings. The number of halogens is 4. The van der Waals surface area contributed by atoms with Gasteiger partial charge in [0.1, 0.15) is 17.3 Å². The molecule has 3 aliphatic heterocycles. The average Bonchev–Trinajstić information content (AvgIpc) is 3.12. The minimum atomic E-state index is -4.82. The van der Waals surface area contributed by atoms with Gasteiger partial charge in [-0.05, 0) is 32.0 Å². The molecule has 4 heterocycles. The molecule has 0 radical (unpaired) electrons. The first kappa shape index (κ1) is 22.6. The molecule has 0 saturated carbocycles. The molecular formula is C22H17ClF3N5O3. The van der Waals surface area contributed by atoms with Crippen LogP contribution in [0.5, 0.6) is 0 Å². The maximum absolute atomic E-state index is 13.5. The van der Waals surface area contributed by atoms with E-state index >= 15 is 0 Å². The van der Waals surface area contributed by atoms with Gasteiger partial charge in [0.05, 0.1) is 45.9 Å². The van der Waals surface area contributed by atoms with Crippen LogP contribution in [-0.4, -0.2) is 46.1 Å². The minimum absolute atomic E-state index is 0.213. The van der Waals surface area contributed by atoms with Crippen LogP contribution >= 0.6 is 11.6 Å². The maximum atomic E-state index is 13.5. The molecule has 2 amide bonds. The van der Waals surface area contributed by atoms with E-state index in [2.05, 4.69) is 9.97 Å². The fourth-order valence-corrected chi connectivity index (χ4v) is 5.69. The van der Waals surface area contributed by atoms with Crippen molar-refractivity contribution < 1.29 is 27.5 Å². The number of ether oxygens (including phenoxy) is 1. The van der Waals surface area contributed by atoms with Crippen molar-refractivity contribution >= 4 is 34.9 Å². The van der Waals surface area contributed by atoms with E-state index in [0.717, 1.165) is 11.0 Å². The summed E-state index contributed by atoms with van der Waals surface area (Å²) in [6, 6.07) is 5.89. The van der Waals surface area contributed by atoms with Gasteiger partial charge in [0.15, 0.2) is 0 Å². The van der Waals surface area contributed by atoms with E-state index in [1.54, 1.807) is 19.9 Å². The monoisotopic (exact) mass is 491 g/mol. The number of morpholine rings is 1. The Hall–Kier alpha value is -3.23. The van der Waals surface area contributed by atoms with Crippen LogP contribution in [0.4, 0.5) is 24.7 Å². The first-order valence-electron chi connectivity index (χ1n) is 10.3. The van der Waals surface area contributed by atoms with E-state index in [9.17, 15) is 22.8 Å². The minimum Gasteiger partial charge on any atom is -0.364 e. The quantitative estimate of drug-likeness (QED) is 0.470. The molecule has 176 valence electrons. The number of rotatable bonds is 2. The summed E-state index contributed by atoms with van der Waals surface area (Å²) in [4.78, 5) is 37.8. The Labute approximate surface area is 196 Å². The van der Waals surface area contributed by atoms with Crippen LogP contribution in [-0.2, 0) is 20.5 Å². The van der Waals surface area contributed by atoms with Gasteiger partial charge in [-0.2, -0.15) is 18.4 Å². The molecule has 12 heteroatoms. The Bertz CT molecular complexity index is 1250. The Balaban J connectivity index is 1.54. The van der Waals surface area contributed by atoms with E-state index < -0.39 is 52.2 Å². The summed E-state index contributed by atoms with van der Waals surface area (Å²) in [5.41, 5.74) is -4.22. The number of carbonyl (C=O) groups excluding carboxylic acids is 2. The molecule has 0 N–H and O–H groups in total. The van der Waals surface area contributed by atoms with Gasteiger partial charge >= 0.3 is 6.18 Å².